The Bertz CT molecular complexity index is 1050. The molecule has 8 nitrogen and oxygen atoms in total. The van der Waals surface area contributed by atoms with Crippen molar-refractivity contribution in [3.8, 4) is 11.5 Å². The Morgan fingerprint density at radius 1 is 1.12 bits per heavy atom. The number of imide groups is 1. The zero-order valence-electron chi connectivity index (χ0n) is 18.5. The summed E-state index contributed by atoms with van der Waals surface area (Å²) >= 11 is 0. The van der Waals surface area contributed by atoms with Gasteiger partial charge in [0.15, 0.2) is 11.5 Å². The Morgan fingerprint density at radius 3 is 2.56 bits per heavy atom. The molecule has 2 aliphatic heterocycles. The molecule has 2 aromatic carbocycles. The third-order valence-electron chi connectivity index (χ3n) is 5.94. The molecule has 168 valence electrons. The van der Waals surface area contributed by atoms with Crippen LogP contribution in [0.5, 0.6) is 11.5 Å². The highest BCUT2D eigenvalue weighted by atomic mass is 16.6. The highest BCUT2D eigenvalue weighted by Gasteiger charge is 2.49. The first-order chi connectivity index (χ1) is 15.3. The fourth-order valence-electron chi connectivity index (χ4n) is 4.00. The van der Waals surface area contributed by atoms with Crippen molar-refractivity contribution >= 4 is 17.8 Å². The Balaban J connectivity index is 1.49. The molecular weight excluding hydrogens is 410 g/mol. The second kappa shape index (κ2) is 8.53. The number of para-hydroxylation sites is 1. The van der Waals surface area contributed by atoms with E-state index >= 15 is 0 Å². The van der Waals surface area contributed by atoms with E-state index in [-0.39, 0.29) is 12.5 Å². The third kappa shape index (κ3) is 3.88. The Morgan fingerprint density at radius 2 is 1.84 bits per heavy atom. The number of fused-ring (bicyclic) bond motifs is 1. The number of hydrogen-bond acceptors (Lipinski definition) is 5. The van der Waals surface area contributed by atoms with Crippen LogP contribution in [0.4, 0.5) is 4.79 Å². The van der Waals surface area contributed by atoms with E-state index in [1.807, 2.05) is 56.3 Å². The van der Waals surface area contributed by atoms with Crippen LogP contribution >= 0.6 is 0 Å². The topological polar surface area (TPSA) is 88.2 Å². The van der Waals surface area contributed by atoms with Crippen molar-refractivity contribution < 1.29 is 23.9 Å². The summed E-state index contributed by atoms with van der Waals surface area (Å²) in [6.07, 6.45) is 0. The molecule has 0 aromatic heterocycles. The van der Waals surface area contributed by atoms with E-state index in [9.17, 15) is 14.4 Å². The smallest absolute Gasteiger partial charge is 0.325 e. The van der Waals surface area contributed by atoms with Gasteiger partial charge in [-0.05, 0) is 32.4 Å². The Hall–Kier alpha value is -3.55. The molecule has 0 radical (unpaired) electrons. The van der Waals surface area contributed by atoms with Crippen molar-refractivity contribution in [3.63, 3.8) is 0 Å². The minimum absolute atomic E-state index is 0.292. The van der Waals surface area contributed by atoms with Gasteiger partial charge in [-0.25, -0.2) is 4.79 Å². The average molecular weight is 437 g/mol. The van der Waals surface area contributed by atoms with Crippen molar-refractivity contribution in [1.82, 2.24) is 15.1 Å². The van der Waals surface area contributed by atoms with Crippen LogP contribution in [0.15, 0.2) is 42.5 Å². The number of aryl methyl sites for hydroxylation is 1. The lowest BCUT2D eigenvalue weighted by Crippen LogP contribution is -2.44. The maximum atomic E-state index is 13.2. The fourth-order valence-corrected chi connectivity index (χ4v) is 4.00. The minimum atomic E-state index is -1.20. The van der Waals surface area contributed by atoms with Crippen molar-refractivity contribution in [2.24, 2.45) is 0 Å². The van der Waals surface area contributed by atoms with Crippen molar-refractivity contribution in [1.29, 1.82) is 0 Å². The van der Waals surface area contributed by atoms with Gasteiger partial charge in [-0.3, -0.25) is 14.5 Å². The van der Waals surface area contributed by atoms with Crippen LogP contribution in [0, 0.1) is 6.92 Å². The van der Waals surface area contributed by atoms with E-state index in [0.717, 1.165) is 16.0 Å². The molecule has 0 bridgehead atoms. The molecule has 0 spiro atoms. The molecule has 1 saturated heterocycles. The Kier molecular flexibility index (Phi) is 5.78. The summed E-state index contributed by atoms with van der Waals surface area (Å²) < 4.78 is 11.4. The molecule has 2 aliphatic rings. The molecule has 0 saturated carbocycles. The number of rotatable bonds is 6. The minimum Gasteiger partial charge on any atom is -0.486 e. The van der Waals surface area contributed by atoms with Crippen molar-refractivity contribution in [2.75, 3.05) is 26.3 Å². The first-order valence-electron chi connectivity index (χ1n) is 10.7. The van der Waals surface area contributed by atoms with Gasteiger partial charge in [0.25, 0.3) is 5.91 Å². The van der Waals surface area contributed by atoms with Crippen LogP contribution in [0.3, 0.4) is 0 Å². The van der Waals surface area contributed by atoms with Crippen molar-refractivity contribution in [3.05, 3.63) is 59.2 Å². The number of nitrogens with zero attached hydrogens (tertiary/aromatic N) is 2. The van der Waals surface area contributed by atoms with Gasteiger partial charge in [-0.15, -0.1) is 0 Å². The maximum Gasteiger partial charge on any atom is 0.325 e. The average Bonchev–Trinajstić information content (AvgIpc) is 3.01. The fraction of sp³-hybridized carbons (Fsp3) is 0.375. The molecule has 1 N–H and O–H groups in total. The van der Waals surface area contributed by atoms with Gasteiger partial charge >= 0.3 is 6.03 Å². The number of ether oxygens (including phenoxy) is 2. The predicted octanol–water partition coefficient (Wildman–Crippen LogP) is 2.58. The highest BCUT2D eigenvalue weighted by Crippen LogP contribution is 2.34. The van der Waals surface area contributed by atoms with E-state index in [1.54, 1.807) is 11.8 Å². The molecule has 8 heteroatoms. The standard InChI is InChI=1S/C24H27N3O5/c1-4-26(14-17-6-5-7-19-21(17)32-13-12-31-19)20(28)15-27-22(29)24(3,25-23(27)30)18-10-8-16(2)9-11-18/h5-11H,4,12-15H2,1-3H3,(H,25,30). The number of nitrogens with one attached hydrogen (secondary N) is 1. The summed E-state index contributed by atoms with van der Waals surface area (Å²) in [6.45, 7) is 6.78. The largest absolute Gasteiger partial charge is 0.486 e. The summed E-state index contributed by atoms with van der Waals surface area (Å²) in [4.78, 5) is 41.4. The normalized spacial score (nSPS) is 19.7. The van der Waals surface area contributed by atoms with Crippen LogP contribution in [0.2, 0.25) is 0 Å². The summed E-state index contributed by atoms with van der Waals surface area (Å²) in [5, 5.41) is 2.75. The number of benzene rings is 2. The van der Waals surface area contributed by atoms with E-state index in [1.165, 1.54) is 0 Å². The quantitative estimate of drug-likeness (QED) is 0.702. The van der Waals surface area contributed by atoms with Crippen LogP contribution in [-0.2, 0) is 21.7 Å². The first kappa shape index (κ1) is 21.7. The van der Waals surface area contributed by atoms with Gasteiger partial charge in [0.05, 0.1) is 0 Å². The molecule has 1 fully saturated rings. The molecule has 0 aliphatic carbocycles. The molecule has 32 heavy (non-hydrogen) atoms. The first-order valence-corrected chi connectivity index (χ1v) is 10.7. The zero-order chi connectivity index (χ0) is 22.9. The van der Waals surface area contributed by atoms with E-state index in [0.29, 0.717) is 43.4 Å². The number of amides is 4. The summed E-state index contributed by atoms with van der Waals surface area (Å²) in [5.41, 5.74) is 1.35. The number of carbonyl (C=O) groups is 3. The molecule has 2 aromatic rings. The molecule has 4 rings (SSSR count). The lowest BCUT2D eigenvalue weighted by atomic mass is 9.91. The lowest BCUT2D eigenvalue weighted by Gasteiger charge is -2.27. The second-order valence-corrected chi connectivity index (χ2v) is 8.16. The molecule has 1 unspecified atom stereocenters. The van der Waals surface area contributed by atoms with Crippen LogP contribution in [-0.4, -0.2) is 53.9 Å². The van der Waals surface area contributed by atoms with Gasteiger partial charge in [-0.1, -0.05) is 42.0 Å². The number of urea groups is 1. The lowest BCUT2D eigenvalue weighted by molar-refractivity contribution is -0.139. The zero-order valence-corrected chi connectivity index (χ0v) is 18.5. The highest BCUT2D eigenvalue weighted by molar-refractivity contribution is 6.09. The van der Waals surface area contributed by atoms with Gasteiger partial charge in [0, 0.05) is 18.7 Å². The van der Waals surface area contributed by atoms with Crippen LogP contribution in [0.25, 0.3) is 0 Å². The summed E-state index contributed by atoms with van der Waals surface area (Å²) in [5.74, 6) is 0.523. The molecule has 2 heterocycles. The molecule has 1 atom stereocenters. The monoisotopic (exact) mass is 437 g/mol. The summed E-state index contributed by atoms with van der Waals surface area (Å²) in [6, 6.07) is 12.4. The third-order valence-corrected chi connectivity index (χ3v) is 5.94. The Labute approximate surface area is 187 Å². The second-order valence-electron chi connectivity index (χ2n) is 8.16. The molecular formula is C24H27N3O5. The number of likely N-dealkylation sites (N-methyl/N-ethyl adjacent to an activating group) is 1. The van der Waals surface area contributed by atoms with E-state index < -0.39 is 17.5 Å². The van der Waals surface area contributed by atoms with Crippen LogP contribution < -0.4 is 14.8 Å². The molecule has 4 amide bonds. The predicted molar refractivity (Wildman–Crippen MR) is 117 cm³/mol. The number of hydrogen-bond donors (Lipinski definition) is 1. The van der Waals surface area contributed by atoms with E-state index in [4.69, 9.17) is 9.47 Å². The summed E-state index contributed by atoms with van der Waals surface area (Å²) in [7, 11) is 0. The van der Waals surface area contributed by atoms with E-state index in [2.05, 4.69) is 5.32 Å². The van der Waals surface area contributed by atoms with Gasteiger partial charge in [-0.2, -0.15) is 0 Å². The van der Waals surface area contributed by atoms with Crippen LogP contribution in [0.1, 0.15) is 30.5 Å². The SMILES string of the molecule is CCN(Cc1cccc2c1OCCO2)C(=O)CN1C(=O)NC(C)(c2ccc(C)cc2)C1=O. The maximum absolute atomic E-state index is 13.2. The van der Waals surface area contributed by atoms with Gasteiger partial charge in [0.1, 0.15) is 25.3 Å². The van der Waals surface area contributed by atoms with Gasteiger partial charge in [0.2, 0.25) is 5.91 Å². The van der Waals surface area contributed by atoms with Crippen molar-refractivity contribution in [2.45, 2.75) is 32.9 Å². The number of carbonyl (C=O) groups excluding carboxylic acids is 3. The van der Waals surface area contributed by atoms with Gasteiger partial charge < -0.3 is 19.7 Å².